The molecule has 1 aromatic heterocycles. The Morgan fingerprint density at radius 2 is 2.12 bits per heavy atom. The van der Waals surface area contributed by atoms with Crippen LogP contribution in [0.4, 0.5) is 0 Å². The molecule has 0 aliphatic heterocycles. The van der Waals surface area contributed by atoms with E-state index in [4.69, 9.17) is 5.73 Å². The Labute approximate surface area is 109 Å². The van der Waals surface area contributed by atoms with Crippen molar-refractivity contribution in [3.8, 4) is 0 Å². The molecule has 0 fully saturated rings. The molecule has 1 unspecified atom stereocenters. The monoisotopic (exact) mass is 327 g/mol. The van der Waals surface area contributed by atoms with Crippen LogP contribution in [0, 0.1) is 10.5 Å². The van der Waals surface area contributed by atoms with E-state index in [0.29, 0.717) is 0 Å². The van der Waals surface area contributed by atoms with Crippen LogP contribution in [0.1, 0.15) is 22.9 Å². The van der Waals surface area contributed by atoms with Crippen molar-refractivity contribution in [2.75, 3.05) is 0 Å². The van der Waals surface area contributed by atoms with E-state index in [-0.39, 0.29) is 6.04 Å². The van der Waals surface area contributed by atoms with Gasteiger partial charge in [-0.1, -0.05) is 18.2 Å². The molecule has 0 radical (unpaired) electrons. The molecule has 0 saturated heterocycles. The maximum Gasteiger partial charge on any atom is 0.0837 e. The van der Waals surface area contributed by atoms with Gasteiger partial charge in [-0.2, -0.15) is 5.10 Å². The highest BCUT2D eigenvalue weighted by molar-refractivity contribution is 14.1. The number of hydrogen-bond donors (Lipinski definition) is 1. The van der Waals surface area contributed by atoms with Gasteiger partial charge in [-0.05, 0) is 46.7 Å². The lowest BCUT2D eigenvalue weighted by molar-refractivity contribution is 0.714. The summed E-state index contributed by atoms with van der Waals surface area (Å²) < 4.78 is 3.00. The van der Waals surface area contributed by atoms with Gasteiger partial charge >= 0.3 is 0 Å². The quantitative estimate of drug-likeness (QED) is 0.861. The summed E-state index contributed by atoms with van der Waals surface area (Å²) in [4.78, 5) is 0. The second-order valence-corrected chi connectivity index (χ2v) is 4.95. The van der Waals surface area contributed by atoms with Crippen LogP contribution in [0.25, 0.3) is 0 Å². The number of aryl methyl sites for hydroxylation is 2. The number of rotatable bonds is 2. The van der Waals surface area contributed by atoms with Crippen LogP contribution < -0.4 is 5.73 Å². The van der Waals surface area contributed by atoms with Crippen LogP contribution in [0.2, 0.25) is 0 Å². The fraction of sp³-hybridized carbons (Fsp3) is 0.250. The molecule has 1 aromatic carbocycles. The SMILES string of the molecule is Cc1cccc(C(N)c2ccn(C)n2)c1I. The van der Waals surface area contributed by atoms with Crippen LogP contribution in [0.3, 0.4) is 0 Å². The van der Waals surface area contributed by atoms with Crippen molar-refractivity contribution >= 4 is 22.6 Å². The first-order valence-electron chi connectivity index (χ1n) is 5.09. The van der Waals surface area contributed by atoms with Gasteiger partial charge in [0, 0.05) is 16.8 Å². The highest BCUT2D eigenvalue weighted by atomic mass is 127. The third-order valence-electron chi connectivity index (χ3n) is 2.61. The number of hydrogen-bond acceptors (Lipinski definition) is 2. The normalized spacial score (nSPS) is 12.8. The van der Waals surface area contributed by atoms with Crippen LogP contribution in [0.15, 0.2) is 30.5 Å². The third-order valence-corrected chi connectivity index (χ3v) is 4.08. The third kappa shape index (κ3) is 2.12. The van der Waals surface area contributed by atoms with Gasteiger partial charge in [0.25, 0.3) is 0 Å². The van der Waals surface area contributed by atoms with Crippen LogP contribution in [0.5, 0.6) is 0 Å². The summed E-state index contributed by atoms with van der Waals surface area (Å²) in [6.45, 7) is 2.09. The van der Waals surface area contributed by atoms with Gasteiger partial charge < -0.3 is 5.73 Å². The number of nitrogens with zero attached hydrogens (tertiary/aromatic N) is 2. The molecular formula is C12H14IN3. The number of aromatic nitrogens is 2. The zero-order valence-electron chi connectivity index (χ0n) is 9.31. The van der Waals surface area contributed by atoms with E-state index in [1.807, 2.05) is 25.4 Å². The van der Waals surface area contributed by atoms with Crippen molar-refractivity contribution in [2.45, 2.75) is 13.0 Å². The minimum Gasteiger partial charge on any atom is -0.319 e. The van der Waals surface area contributed by atoms with Crippen LogP contribution >= 0.6 is 22.6 Å². The lowest BCUT2D eigenvalue weighted by Crippen LogP contribution is -2.14. The van der Waals surface area contributed by atoms with Gasteiger partial charge in [0.1, 0.15) is 0 Å². The molecule has 3 nitrogen and oxygen atoms in total. The summed E-state index contributed by atoms with van der Waals surface area (Å²) >= 11 is 2.34. The molecule has 1 atom stereocenters. The Balaban J connectivity index is 2.41. The van der Waals surface area contributed by atoms with Gasteiger partial charge in [0.15, 0.2) is 0 Å². The van der Waals surface area contributed by atoms with Crippen molar-refractivity contribution in [3.05, 3.63) is 50.9 Å². The molecule has 1 heterocycles. The van der Waals surface area contributed by atoms with Crippen molar-refractivity contribution in [1.29, 1.82) is 0 Å². The second kappa shape index (κ2) is 4.55. The summed E-state index contributed by atoms with van der Waals surface area (Å²) in [6, 6.07) is 8.01. The van der Waals surface area contributed by atoms with Crippen LogP contribution in [-0.4, -0.2) is 9.78 Å². The molecule has 2 N–H and O–H groups in total. The second-order valence-electron chi connectivity index (χ2n) is 3.87. The molecule has 0 amide bonds. The number of nitrogens with two attached hydrogens (primary N) is 1. The Morgan fingerprint density at radius 1 is 1.38 bits per heavy atom. The van der Waals surface area contributed by atoms with Gasteiger partial charge in [0.2, 0.25) is 0 Å². The number of halogens is 1. The molecular weight excluding hydrogens is 313 g/mol. The van der Waals surface area contributed by atoms with E-state index in [2.05, 4.69) is 46.7 Å². The lowest BCUT2D eigenvalue weighted by atomic mass is 10.0. The van der Waals surface area contributed by atoms with Crippen LogP contribution in [-0.2, 0) is 7.05 Å². The molecule has 0 aliphatic rings. The molecule has 0 saturated carbocycles. The van der Waals surface area contributed by atoms with E-state index in [1.54, 1.807) is 4.68 Å². The van der Waals surface area contributed by atoms with E-state index >= 15 is 0 Å². The molecule has 0 bridgehead atoms. The average molecular weight is 327 g/mol. The van der Waals surface area contributed by atoms with E-state index < -0.39 is 0 Å². The van der Waals surface area contributed by atoms with Crippen molar-refractivity contribution in [2.24, 2.45) is 12.8 Å². The molecule has 2 aromatic rings. The molecule has 16 heavy (non-hydrogen) atoms. The number of benzene rings is 1. The van der Waals surface area contributed by atoms with Crippen molar-refractivity contribution < 1.29 is 0 Å². The summed E-state index contributed by atoms with van der Waals surface area (Å²) in [6.07, 6.45) is 1.91. The molecule has 84 valence electrons. The molecule has 2 rings (SSSR count). The summed E-state index contributed by atoms with van der Waals surface area (Å²) in [5, 5.41) is 4.35. The highest BCUT2D eigenvalue weighted by Crippen LogP contribution is 2.25. The Morgan fingerprint density at radius 3 is 2.75 bits per heavy atom. The van der Waals surface area contributed by atoms with E-state index in [0.717, 1.165) is 11.3 Å². The predicted molar refractivity (Wildman–Crippen MR) is 73.1 cm³/mol. The minimum atomic E-state index is -0.145. The van der Waals surface area contributed by atoms with E-state index in [1.165, 1.54) is 9.13 Å². The molecule has 0 aliphatic carbocycles. The smallest absolute Gasteiger partial charge is 0.0837 e. The van der Waals surface area contributed by atoms with Gasteiger partial charge in [0.05, 0.1) is 11.7 Å². The first-order chi connectivity index (χ1) is 7.59. The topological polar surface area (TPSA) is 43.8 Å². The maximum atomic E-state index is 6.22. The maximum absolute atomic E-state index is 6.22. The Kier molecular flexibility index (Phi) is 3.30. The summed E-state index contributed by atoms with van der Waals surface area (Å²) in [7, 11) is 1.90. The molecule has 0 spiro atoms. The van der Waals surface area contributed by atoms with Gasteiger partial charge in [-0.15, -0.1) is 0 Å². The highest BCUT2D eigenvalue weighted by Gasteiger charge is 2.15. The average Bonchev–Trinajstić information content (AvgIpc) is 2.68. The van der Waals surface area contributed by atoms with Gasteiger partial charge in [-0.25, -0.2) is 0 Å². The Bertz CT molecular complexity index is 505. The van der Waals surface area contributed by atoms with Gasteiger partial charge in [-0.3, -0.25) is 4.68 Å². The van der Waals surface area contributed by atoms with Crippen molar-refractivity contribution in [1.82, 2.24) is 9.78 Å². The first kappa shape index (κ1) is 11.6. The fourth-order valence-electron chi connectivity index (χ4n) is 1.67. The zero-order valence-corrected chi connectivity index (χ0v) is 11.5. The largest absolute Gasteiger partial charge is 0.319 e. The minimum absolute atomic E-state index is 0.145. The van der Waals surface area contributed by atoms with E-state index in [9.17, 15) is 0 Å². The predicted octanol–water partition coefficient (Wildman–Crippen LogP) is 2.38. The first-order valence-corrected chi connectivity index (χ1v) is 6.17. The van der Waals surface area contributed by atoms with Crippen molar-refractivity contribution in [3.63, 3.8) is 0 Å². The standard InChI is InChI=1S/C12H14IN3/c1-8-4-3-5-9(11(8)13)12(14)10-6-7-16(2)15-10/h3-7,12H,14H2,1-2H3. The molecule has 4 heteroatoms. The zero-order chi connectivity index (χ0) is 11.7. The lowest BCUT2D eigenvalue weighted by Gasteiger charge is -2.13. The summed E-state index contributed by atoms with van der Waals surface area (Å²) in [5.41, 5.74) is 9.52. The fourth-order valence-corrected chi connectivity index (χ4v) is 2.36. The summed E-state index contributed by atoms with van der Waals surface area (Å²) in [5.74, 6) is 0. The Hall–Kier alpha value is -0.880.